The molecule has 10 rings (SSSR count). The second-order valence-corrected chi connectivity index (χ2v) is 14.1. The second kappa shape index (κ2) is 14.4. The third-order valence-electron chi connectivity index (χ3n) is 9.85. The predicted octanol–water partition coefficient (Wildman–Crippen LogP) is 15.5. The topological polar surface area (TPSA) is 16.4 Å². The van der Waals surface area contributed by atoms with Gasteiger partial charge in [-0.25, -0.2) is 0 Å². The lowest BCUT2D eigenvalue weighted by molar-refractivity contribution is 0.669. The molecule has 2 nitrogen and oxygen atoms in total. The van der Waals surface area contributed by atoms with Gasteiger partial charge in [0.2, 0.25) is 0 Å². The Hall–Kier alpha value is -5.69. The minimum Gasteiger partial charge on any atom is -0.456 e. The summed E-state index contributed by atoms with van der Waals surface area (Å²) in [7, 11) is 0. The minimum absolute atomic E-state index is 0.900. The fourth-order valence-corrected chi connectivity index (χ4v) is 8.40. The molecule has 0 unspecified atom stereocenters. The molecule has 8 aromatic carbocycles. The van der Waals surface area contributed by atoms with E-state index in [4.69, 9.17) is 4.42 Å². The highest BCUT2D eigenvalue weighted by Crippen LogP contribution is 2.42. The first-order valence-corrected chi connectivity index (χ1v) is 20.6. The zero-order valence-electron chi connectivity index (χ0n) is 29.0. The van der Waals surface area contributed by atoms with Crippen LogP contribution in [0.2, 0.25) is 0 Å². The normalized spacial score (nSPS) is 11.2. The van der Waals surface area contributed by atoms with Crippen molar-refractivity contribution in [1.82, 2.24) is 0 Å². The highest BCUT2D eigenvalue weighted by Gasteiger charge is 2.16. The maximum atomic E-state index is 6.46. The van der Waals surface area contributed by atoms with E-state index in [1.807, 2.05) is 16.3 Å². The largest absolute Gasteiger partial charge is 0.456 e. The van der Waals surface area contributed by atoms with Gasteiger partial charge in [0.25, 0.3) is 0 Å². The van der Waals surface area contributed by atoms with Crippen LogP contribution in [0.5, 0.6) is 0 Å². The average Bonchev–Trinajstić information content (AvgIpc) is 3.79. The van der Waals surface area contributed by atoms with Gasteiger partial charge in [-0.15, -0.1) is 11.3 Å². The Morgan fingerprint density at radius 1 is 0.358 bits per heavy atom. The molecule has 53 heavy (non-hydrogen) atoms. The lowest BCUT2D eigenvalue weighted by Gasteiger charge is -2.25. The summed E-state index contributed by atoms with van der Waals surface area (Å²) in [6, 6.07) is 67.3. The highest BCUT2D eigenvalue weighted by atomic mass is 127. The molecule has 0 aliphatic heterocycles. The fourth-order valence-electron chi connectivity index (χ4n) is 7.33. The number of rotatable bonds is 6. The quantitative estimate of drug-likeness (QED) is 0.123. The van der Waals surface area contributed by atoms with Crippen molar-refractivity contribution in [3.8, 4) is 33.4 Å². The van der Waals surface area contributed by atoms with Crippen LogP contribution in [0, 0.1) is 0 Å². The third kappa shape index (κ3) is 6.28. The van der Waals surface area contributed by atoms with Gasteiger partial charge in [0.1, 0.15) is 11.2 Å². The molecule has 0 aliphatic carbocycles. The fraction of sp³-hybridized carbons (Fsp3) is 0.0204. The van der Waals surface area contributed by atoms with Crippen LogP contribution in [0.1, 0.15) is 0 Å². The maximum Gasteiger partial charge on any atom is 0.136 e. The summed E-state index contributed by atoms with van der Waals surface area (Å²) in [6.45, 7) is 0. The highest BCUT2D eigenvalue weighted by molar-refractivity contribution is 14.1. The molecular formula is C49H34INOS. The van der Waals surface area contributed by atoms with Gasteiger partial charge in [-0.3, -0.25) is 0 Å². The number of alkyl halides is 1. The molecule has 0 N–H and O–H groups in total. The number of hydrogen-bond donors (Lipinski definition) is 0. The van der Waals surface area contributed by atoms with Crippen molar-refractivity contribution in [2.24, 2.45) is 0 Å². The van der Waals surface area contributed by atoms with Gasteiger partial charge < -0.3 is 9.32 Å². The number of furan rings is 1. The van der Waals surface area contributed by atoms with Crippen LogP contribution in [0.25, 0.3) is 75.5 Å². The van der Waals surface area contributed by atoms with E-state index in [9.17, 15) is 0 Å². The summed E-state index contributed by atoms with van der Waals surface area (Å²) in [6.07, 6.45) is 0. The van der Waals surface area contributed by atoms with Gasteiger partial charge >= 0.3 is 0 Å². The minimum atomic E-state index is 0.900. The number of halogens is 1. The van der Waals surface area contributed by atoms with Crippen molar-refractivity contribution in [2.75, 3.05) is 9.83 Å². The van der Waals surface area contributed by atoms with Crippen molar-refractivity contribution < 1.29 is 4.42 Å². The van der Waals surface area contributed by atoms with Crippen molar-refractivity contribution in [2.45, 2.75) is 0 Å². The zero-order chi connectivity index (χ0) is 35.7. The van der Waals surface area contributed by atoms with Crippen LogP contribution in [-0.2, 0) is 0 Å². The number of fused-ring (bicyclic) bond motifs is 6. The summed E-state index contributed by atoms with van der Waals surface area (Å²) in [4.78, 5) is 4.30. The molecule has 0 fully saturated rings. The van der Waals surface area contributed by atoms with Crippen LogP contribution < -0.4 is 4.90 Å². The molecular weight excluding hydrogens is 778 g/mol. The van der Waals surface area contributed by atoms with Crippen LogP contribution >= 0.6 is 33.9 Å². The van der Waals surface area contributed by atoms with E-state index in [1.165, 1.54) is 48.0 Å². The first kappa shape index (κ1) is 33.2. The van der Waals surface area contributed by atoms with E-state index in [1.54, 1.807) is 0 Å². The average molecular weight is 812 g/mol. The van der Waals surface area contributed by atoms with Gasteiger partial charge in [-0.05, 0) is 123 Å². The number of thiophene rings is 1. The van der Waals surface area contributed by atoms with Crippen LogP contribution in [0.3, 0.4) is 0 Å². The van der Waals surface area contributed by atoms with Gasteiger partial charge in [0, 0.05) is 48.0 Å². The van der Waals surface area contributed by atoms with Crippen LogP contribution in [-0.4, -0.2) is 4.93 Å². The Kier molecular flexibility index (Phi) is 9.00. The summed E-state index contributed by atoms with van der Waals surface area (Å²) < 4.78 is 9.03. The van der Waals surface area contributed by atoms with E-state index in [0.717, 1.165) is 44.6 Å². The van der Waals surface area contributed by atoms with Crippen LogP contribution in [0.15, 0.2) is 192 Å². The molecule has 0 saturated heterocycles. The molecule has 0 aliphatic rings. The van der Waals surface area contributed by atoms with Crippen molar-refractivity contribution in [1.29, 1.82) is 0 Å². The molecule has 2 aromatic heterocycles. The van der Waals surface area contributed by atoms with Gasteiger partial charge in [0.15, 0.2) is 0 Å². The van der Waals surface area contributed by atoms with E-state index >= 15 is 0 Å². The molecule has 10 aromatic rings. The Labute approximate surface area is 326 Å². The smallest absolute Gasteiger partial charge is 0.136 e. The SMILES string of the molecule is CI.c1ccc(-c2cccc(-c3ccc4oc5cc(-c6ccc7sc8ccc(N(c9ccccc9)c9ccccc9)cc8c7c6)ccc5c4c3)c2)cc1. The molecule has 0 radical (unpaired) electrons. The lowest BCUT2D eigenvalue weighted by atomic mass is 9.97. The first-order valence-electron chi connectivity index (χ1n) is 17.6. The number of anilines is 3. The number of para-hydroxylation sites is 2. The second-order valence-electron chi connectivity index (χ2n) is 13.0. The molecule has 0 spiro atoms. The molecule has 254 valence electrons. The molecule has 2 heterocycles. The Morgan fingerprint density at radius 3 is 1.57 bits per heavy atom. The Balaban J connectivity index is 0.00000183. The van der Waals surface area contributed by atoms with E-state index in [0.29, 0.717) is 0 Å². The van der Waals surface area contributed by atoms with E-state index in [-0.39, 0.29) is 0 Å². The number of nitrogens with zero attached hydrogens (tertiary/aromatic N) is 1. The van der Waals surface area contributed by atoms with Crippen molar-refractivity contribution in [3.05, 3.63) is 188 Å². The summed E-state index contributed by atoms with van der Waals surface area (Å²) in [5, 5.41) is 4.79. The molecule has 0 amide bonds. The van der Waals surface area contributed by atoms with Gasteiger partial charge in [0.05, 0.1) is 0 Å². The Bertz CT molecular complexity index is 2820. The summed E-state index contributed by atoms with van der Waals surface area (Å²) in [5.74, 6) is 0. The number of benzene rings is 8. The maximum absolute atomic E-state index is 6.46. The third-order valence-corrected chi connectivity index (χ3v) is 11.0. The molecule has 0 saturated carbocycles. The predicted molar refractivity (Wildman–Crippen MR) is 238 cm³/mol. The monoisotopic (exact) mass is 811 g/mol. The van der Waals surface area contributed by atoms with E-state index in [2.05, 4.69) is 216 Å². The van der Waals surface area contributed by atoms with Crippen LogP contribution in [0.4, 0.5) is 17.1 Å². The molecule has 0 atom stereocenters. The van der Waals surface area contributed by atoms with Crippen molar-refractivity contribution >= 4 is 93.1 Å². The molecule has 0 bridgehead atoms. The first-order chi connectivity index (χ1) is 26.2. The number of hydrogen-bond acceptors (Lipinski definition) is 3. The van der Waals surface area contributed by atoms with Crippen molar-refractivity contribution in [3.63, 3.8) is 0 Å². The summed E-state index contributed by atoms with van der Waals surface area (Å²) >= 11 is 4.00. The zero-order valence-corrected chi connectivity index (χ0v) is 32.0. The molecule has 4 heteroatoms. The van der Waals surface area contributed by atoms with E-state index < -0.39 is 0 Å². The van der Waals surface area contributed by atoms with Gasteiger partial charge in [-0.2, -0.15) is 0 Å². The van der Waals surface area contributed by atoms with Gasteiger partial charge in [-0.1, -0.05) is 126 Å². The lowest BCUT2D eigenvalue weighted by Crippen LogP contribution is -2.09. The standard InChI is InChI=1S/C48H31NOS.CH3I/c1-4-11-32(12-5-1)33-13-10-14-34(27-33)35-20-24-45-42(28-35)41-23-19-37(30-46(41)50-45)36-21-25-47-43(29-36)44-31-40(22-26-48(44)51-47)49(38-15-6-2-7-16-38)39-17-8-3-9-18-39;1-2/h1-31H;1H3. The summed E-state index contributed by atoms with van der Waals surface area (Å²) in [5.41, 5.74) is 12.3. The Morgan fingerprint density at radius 2 is 0.868 bits per heavy atom.